The lowest BCUT2D eigenvalue weighted by atomic mass is 9.91. The van der Waals surface area contributed by atoms with Gasteiger partial charge >= 0.3 is 12.1 Å². The van der Waals surface area contributed by atoms with Gasteiger partial charge in [-0.05, 0) is 45.4 Å². The monoisotopic (exact) mass is 431 g/mol. The van der Waals surface area contributed by atoms with E-state index in [0.29, 0.717) is 23.9 Å². The van der Waals surface area contributed by atoms with E-state index >= 15 is 0 Å². The molecule has 0 spiro atoms. The van der Waals surface area contributed by atoms with Crippen LogP contribution in [0.15, 0.2) is 6.07 Å². The molecule has 0 aromatic carbocycles. The highest BCUT2D eigenvalue weighted by Crippen LogP contribution is 2.30. The number of carbonyl (C=O) groups is 2. The second-order valence-corrected chi connectivity index (χ2v) is 7.86. The van der Waals surface area contributed by atoms with Crippen LogP contribution in [0.5, 0.6) is 0 Å². The van der Waals surface area contributed by atoms with Crippen molar-refractivity contribution in [2.45, 2.75) is 63.7 Å². The van der Waals surface area contributed by atoms with E-state index in [2.05, 4.69) is 20.6 Å². The first-order chi connectivity index (χ1) is 14.0. The number of halogens is 3. The Kier molecular flexibility index (Phi) is 7.85. The summed E-state index contributed by atoms with van der Waals surface area (Å²) in [6.45, 7) is 1.99. The lowest BCUT2D eigenvalue weighted by Gasteiger charge is -2.30. The van der Waals surface area contributed by atoms with Crippen molar-refractivity contribution in [3.05, 3.63) is 11.8 Å². The fourth-order valence-electron chi connectivity index (χ4n) is 3.07. The van der Waals surface area contributed by atoms with E-state index in [4.69, 9.17) is 9.90 Å². The third-order valence-corrected chi connectivity index (χ3v) is 4.90. The molecule has 0 bridgehead atoms. The zero-order chi connectivity index (χ0) is 22.5. The summed E-state index contributed by atoms with van der Waals surface area (Å²) in [5.74, 6) is -0.563. The summed E-state index contributed by atoms with van der Waals surface area (Å²) in [5.41, 5.74) is 0.969. The summed E-state index contributed by atoms with van der Waals surface area (Å²) in [7, 11) is 3.97. The fraction of sp³-hybridized carbons (Fsp3) is 0.684. The van der Waals surface area contributed by atoms with Gasteiger partial charge in [0.2, 0.25) is 11.9 Å². The van der Waals surface area contributed by atoms with E-state index < -0.39 is 12.1 Å². The Morgan fingerprint density at radius 3 is 2.07 bits per heavy atom. The number of hydrogen-bond donors (Lipinski definition) is 3. The molecule has 8 nitrogen and oxygen atoms in total. The van der Waals surface area contributed by atoms with Crippen molar-refractivity contribution in [1.82, 2.24) is 15.3 Å². The maximum Gasteiger partial charge on any atom is 0.490 e. The molecule has 168 valence electrons. The molecular formula is C19H28F3N5O3. The van der Waals surface area contributed by atoms with Gasteiger partial charge in [-0.15, -0.1) is 0 Å². The first kappa shape index (κ1) is 23.7. The topological polar surface area (TPSA) is 107 Å². The predicted molar refractivity (Wildman–Crippen MR) is 105 cm³/mol. The number of carbonyl (C=O) groups excluding carboxylic acids is 1. The lowest BCUT2D eigenvalue weighted by molar-refractivity contribution is -0.192. The molecule has 3 rings (SSSR count). The minimum Gasteiger partial charge on any atom is -0.475 e. The van der Waals surface area contributed by atoms with Gasteiger partial charge in [0.1, 0.15) is 5.82 Å². The van der Waals surface area contributed by atoms with Crippen LogP contribution < -0.4 is 15.5 Å². The molecule has 1 heterocycles. The van der Waals surface area contributed by atoms with Crippen molar-refractivity contribution in [3.8, 4) is 0 Å². The first-order valence-corrected chi connectivity index (χ1v) is 9.85. The van der Waals surface area contributed by atoms with E-state index in [1.165, 1.54) is 0 Å². The number of aliphatic carboxylic acids is 1. The van der Waals surface area contributed by atoms with Gasteiger partial charge in [0.15, 0.2) is 0 Å². The highest BCUT2D eigenvalue weighted by molar-refractivity contribution is 5.81. The maximum absolute atomic E-state index is 11.8. The van der Waals surface area contributed by atoms with Crippen LogP contribution in [0.25, 0.3) is 0 Å². The molecule has 1 amide bonds. The number of carboxylic acid groups (broad SMARTS) is 1. The number of rotatable bonds is 5. The standard InChI is InChI=1S/C17H27N5O.C2HF3O2/c1-11-10-15(22(2)3)21-17(18-11)20-14-8-6-13(7-9-14)19-16(23)12-4-5-12;3-2(4,5)1(6)7/h10,12-14H,4-9H2,1-3H3,(H,19,23)(H,18,20,21);(H,6,7)/t13-,14+;. The van der Waals surface area contributed by atoms with Crippen LogP contribution in [0.2, 0.25) is 0 Å². The quantitative estimate of drug-likeness (QED) is 0.658. The number of amides is 1. The van der Waals surface area contributed by atoms with Crippen molar-refractivity contribution < 1.29 is 27.9 Å². The van der Waals surface area contributed by atoms with Crippen LogP contribution in [-0.2, 0) is 9.59 Å². The Balaban J connectivity index is 0.000000396. The van der Waals surface area contributed by atoms with Crippen LogP contribution in [-0.4, -0.2) is 59.3 Å². The van der Waals surface area contributed by atoms with Gasteiger partial charge in [-0.3, -0.25) is 4.79 Å². The van der Waals surface area contributed by atoms with Gasteiger partial charge in [-0.2, -0.15) is 18.2 Å². The molecule has 0 radical (unpaired) electrons. The average molecular weight is 431 g/mol. The third kappa shape index (κ3) is 7.68. The molecule has 2 aliphatic rings. The number of nitrogens with zero attached hydrogens (tertiary/aromatic N) is 3. The van der Waals surface area contributed by atoms with Gasteiger partial charge < -0.3 is 20.6 Å². The Morgan fingerprint density at radius 2 is 1.60 bits per heavy atom. The van der Waals surface area contributed by atoms with Gasteiger partial charge in [0, 0.05) is 43.9 Å². The Bertz CT molecular complexity index is 745. The number of hydrogen-bond acceptors (Lipinski definition) is 6. The van der Waals surface area contributed by atoms with E-state index in [1.54, 1.807) is 0 Å². The van der Waals surface area contributed by atoms with Gasteiger partial charge in [-0.25, -0.2) is 9.78 Å². The highest BCUT2D eigenvalue weighted by atomic mass is 19.4. The van der Waals surface area contributed by atoms with Crippen molar-refractivity contribution >= 4 is 23.6 Å². The van der Waals surface area contributed by atoms with E-state index in [1.807, 2.05) is 32.0 Å². The third-order valence-electron chi connectivity index (χ3n) is 4.90. The summed E-state index contributed by atoms with van der Waals surface area (Å²) < 4.78 is 31.7. The van der Waals surface area contributed by atoms with Crippen LogP contribution in [0.1, 0.15) is 44.2 Å². The number of nitrogens with one attached hydrogen (secondary N) is 2. The van der Waals surface area contributed by atoms with Crippen molar-refractivity contribution in [2.75, 3.05) is 24.3 Å². The zero-order valence-electron chi connectivity index (χ0n) is 17.3. The van der Waals surface area contributed by atoms with Gasteiger partial charge in [-0.1, -0.05) is 0 Å². The molecule has 2 saturated carbocycles. The molecule has 0 atom stereocenters. The van der Waals surface area contributed by atoms with Crippen molar-refractivity contribution in [2.24, 2.45) is 5.92 Å². The van der Waals surface area contributed by atoms with Crippen LogP contribution >= 0.6 is 0 Å². The summed E-state index contributed by atoms with van der Waals surface area (Å²) >= 11 is 0. The number of alkyl halides is 3. The smallest absolute Gasteiger partial charge is 0.475 e. The first-order valence-electron chi connectivity index (χ1n) is 9.85. The van der Waals surface area contributed by atoms with Gasteiger partial charge in [0.05, 0.1) is 0 Å². The van der Waals surface area contributed by atoms with Crippen molar-refractivity contribution in [3.63, 3.8) is 0 Å². The number of anilines is 2. The second kappa shape index (κ2) is 9.94. The van der Waals surface area contributed by atoms with Gasteiger partial charge in [0.25, 0.3) is 0 Å². The second-order valence-electron chi connectivity index (χ2n) is 7.86. The number of aryl methyl sites for hydroxylation is 1. The normalized spacial score (nSPS) is 21.1. The molecule has 0 unspecified atom stereocenters. The SMILES string of the molecule is Cc1cc(N(C)C)nc(N[C@H]2CC[C@@H](NC(=O)C3CC3)CC2)n1.O=C(O)C(F)(F)F. The van der Waals surface area contributed by atoms with Crippen molar-refractivity contribution in [1.29, 1.82) is 0 Å². The molecule has 11 heteroatoms. The molecule has 0 saturated heterocycles. The minimum atomic E-state index is -5.08. The van der Waals surface area contributed by atoms with E-state index in [0.717, 1.165) is 50.0 Å². The summed E-state index contributed by atoms with van der Waals surface area (Å²) in [6.07, 6.45) is 1.21. The number of carboxylic acids is 1. The molecule has 2 aliphatic carbocycles. The van der Waals surface area contributed by atoms with Crippen LogP contribution in [0.4, 0.5) is 24.9 Å². The maximum atomic E-state index is 11.8. The van der Waals surface area contributed by atoms with Crippen LogP contribution in [0.3, 0.4) is 0 Å². The summed E-state index contributed by atoms with van der Waals surface area (Å²) in [6, 6.07) is 2.72. The largest absolute Gasteiger partial charge is 0.490 e. The lowest BCUT2D eigenvalue weighted by Crippen LogP contribution is -2.40. The Hall–Kier alpha value is -2.59. The zero-order valence-corrected chi connectivity index (χ0v) is 17.3. The molecule has 3 N–H and O–H groups in total. The average Bonchev–Trinajstić information content (AvgIpc) is 3.48. The highest BCUT2D eigenvalue weighted by Gasteiger charge is 2.38. The Labute approximate surface area is 173 Å². The van der Waals surface area contributed by atoms with E-state index in [-0.39, 0.29) is 5.91 Å². The van der Waals surface area contributed by atoms with Crippen LogP contribution in [0, 0.1) is 12.8 Å². The van der Waals surface area contributed by atoms with E-state index in [9.17, 15) is 18.0 Å². The molecular weight excluding hydrogens is 403 g/mol. The fourth-order valence-corrected chi connectivity index (χ4v) is 3.07. The minimum absolute atomic E-state index is 0.263. The predicted octanol–water partition coefficient (Wildman–Crippen LogP) is 2.73. The molecule has 1 aromatic heterocycles. The number of aromatic nitrogens is 2. The molecule has 2 fully saturated rings. The summed E-state index contributed by atoms with van der Waals surface area (Å²) in [4.78, 5) is 31.8. The summed E-state index contributed by atoms with van der Waals surface area (Å²) in [5, 5.41) is 13.8. The molecule has 0 aliphatic heterocycles. The molecule has 30 heavy (non-hydrogen) atoms. The Morgan fingerprint density at radius 1 is 1.07 bits per heavy atom. The molecule has 1 aromatic rings.